The standard InChI is InChI=1S/HNO.Ti.W/c1-2;;/h1H;;. The van der Waals surface area contributed by atoms with E-state index < -0.39 is 0 Å². The van der Waals surface area contributed by atoms with Crippen LogP contribution in [-0.4, -0.2) is 0 Å². The summed E-state index contributed by atoms with van der Waals surface area (Å²) in [4.78, 5) is 7.50. The van der Waals surface area contributed by atoms with Gasteiger partial charge in [-0.1, -0.05) is 5.59 Å². The van der Waals surface area contributed by atoms with Crippen LogP contribution in [0.2, 0.25) is 0 Å². The van der Waals surface area contributed by atoms with E-state index in [-0.39, 0.29) is 42.8 Å². The molecule has 0 saturated carbocycles. The molecule has 0 amide bonds. The first-order valence-electron chi connectivity index (χ1n) is 0.204. The van der Waals surface area contributed by atoms with Gasteiger partial charge in [-0.2, -0.15) is 4.91 Å². The van der Waals surface area contributed by atoms with Crippen LogP contribution in [-0.2, 0) is 42.8 Å². The fraction of sp³-hybridized carbons (Fsp3) is 0. The molecule has 0 atom stereocenters. The van der Waals surface area contributed by atoms with Gasteiger partial charge in [0.1, 0.15) is 0 Å². The first-order valence-corrected chi connectivity index (χ1v) is 0.204. The Kier molecular flexibility index (Phi) is 179. The van der Waals surface area contributed by atoms with Crippen molar-refractivity contribution in [1.82, 2.24) is 0 Å². The van der Waals surface area contributed by atoms with Gasteiger partial charge in [-0.15, -0.1) is 0 Å². The fourth-order valence-electron chi connectivity index (χ4n) is 0. The normalized spacial score (nSPS) is 1.00. The topological polar surface area (TPSA) is 40.9 Å². The molecule has 2 nitrogen and oxygen atoms in total. The molecule has 0 unspecified atom stereocenters. The summed E-state index contributed by atoms with van der Waals surface area (Å²) in [7, 11) is 0. The Labute approximate surface area is 53.3 Å². The Hall–Kier alpha value is 1.00. The molecular formula is HNOTiW. The van der Waals surface area contributed by atoms with E-state index in [1.165, 1.54) is 0 Å². The molecule has 0 aromatic carbocycles. The molecule has 0 fully saturated rings. The summed E-state index contributed by atoms with van der Waals surface area (Å²) in [5.74, 6) is 0. The Morgan fingerprint density at radius 2 is 1.25 bits per heavy atom. The van der Waals surface area contributed by atoms with Crippen LogP contribution >= 0.6 is 0 Å². The molecule has 4 heavy (non-hydrogen) atoms. The van der Waals surface area contributed by atoms with E-state index in [1.54, 1.807) is 0 Å². The summed E-state index contributed by atoms with van der Waals surface area (Å²) in [5, 5.41) is 0. The number of hydrogen-bond donors (Lipinski definition) is 1. The van der Waals surface area contributed by atoms with Gasteiger partial charge in [0, 0.05) is 42.8 Å². The van der Waals surface area contributed by atoms with E-state index >= 15 is 0 Å². The van der Waals surface area contributed by atoms with E-state index in [0.29, 0.717) is 0 Å². The number of nitrogens with one attached hydrogen (secondary N) is 1. The van der Waals surface area contributed by atoms with Gasteiger partial charge < -0.3 is 0 Å². The Bertz CT molecular complexity index is 8.00. The molecule has 0 rings (SSSR count). The monoisotopic (exact) mass is 263 g/mol. The zero-order chi connectivity index (χ0) is 2.00. The van der Waals surface area contributed by atoms with Gasteiger partial charge in [0.2, 0.25) is 0 Å². The first-order chi connectivity index (χ1) is 1.00. The summed E-state index contributed by atoms with van der Waals surface area (Å²) in [6.45, 7) is 0. The molecule has 1 N–H and O–H groups in total. The Balaban J connectivity index is -0.00000000500. The van der Waals surface area contributed by atoms with Gasteiger partial charge in [-0.25, -0.2) is 0 Å². The third kappa shape index (κ3) is 12.0. The van der Waals surface area contributed by atoms with Crippen LogP contribution < -0.4 is 0 Å². The molecule has 22 valence electrons. The summed E-state index contributed by atoms with van der Waals surface area (Å²) in [5.41, 5.74) is 4.50. The molecule has 0 spiro atoms. The quantitative estimate of drug-likeness (QED) is 0.496. The zero-order valence-electron chi connectivity index (χ0n) is 1.82. The summed E-state index contributed by atoms with van der Waals surface area (Å²) in [6, 6.07) is 0. The van der Waals surface area contributed by atoms with Crippen molar-refractivity contribution in [3.05, 3.63) is 4.91 Å². The average Bonchev–Trinajstić information content (AvgIpc) is 1.00. The maximum Gasteiger partial charge on any atom is 0 e. The van der Waals surface area contributed by atoms with Crippen LogP contribution in [0.15, 0.2) is 0 Å². The van der Waals surface area contributed by atoms with Crippen molar-refractivity contribution in [1.29, 1.82) is 5.59 Å². The van der Waals surface area contributed by atoms with Gasteiger partial charge in [0.25, 0.3) is 0 Å². The molecule has 0 radical (unpaired) electrons. The van der Waals surface area contributed by atoms with Crippen molar-refractivity contribution in [2.45, 2.75) is 0 Å². The van der Waals surface area contributed by atoms with Crippen molar-refractivity contribution in [2.75, 3.05) is 0 Å². The minimum atomic E-state index is 0. The molecule has 0 aromatic rings. The van der Waals surface area contributed by atoms with Gasteiger partial charge >= 0.3 is 0 Å². The van der Waals surface area contributed by atoms with Crippen molar-refractivity contribution in [3.63, 3.8) is 0 Å². The van der Waals surface area contributed by atoms with Gasteiger partial charge in [0.15, 0.2) is 0 Å². The van der Waals surface area contributed by atoms with Gasteiger partial charge in [-0.3, -0.25) is 0 Å². The van der Waals surface area contributed by atoms with Crippen LogP contribution in [0, 0.1) is 10.5 Å². The summed E-state index contributed by atoms with van der Waals surface area (Å²) >= 11 is 0. The third-order valence-electron chi connectivity index (χ3n) is 0. The molecule has 0 saturated heterocycles. The molecule has 0 aliphatic carbocycles. The van der Waals surface area contributed by atoms with Crippen molar-refractivity contribution in [3.8, 4) is 0 Å². The van der Waals surface area contributed by atoms with E-state index in [9.17, 15) is 0 Å². The Morgan fingerprint density at radius 1 is 1.25 bits per heavy atom. The number of rotatable bonds is 0. The predicted molar refractivity (Wildman–Crippen MR) is 6.09 cm³/mol. The molecule has 0 heterocycles. The molecule has 0 aliphatic heterocycles. The summed E-state index contributed by atoms with van der Waals surface area (Å²) in [6.07, 6.45) is 0. The third-order valence-corrected chi connectivity index (χ3v) is 0. The number of hydrogen-bond acceptors (Lipinski definition) is 2. The van der Waals surface area contributed by atoms with Gasteiger partial charge in [0.05, 0.1) is 0 Å². The van der Waals surface area contributed by atoms with Gasteiger partial charge in [-0.05, 0) is 0 Å². The number of nitroso groups, excluding NO2 is 1. The predicted octanol–water partition coefficient (Wildman–Crippen LogP) is 0.327. The van der Waals surface area contributed by atoms with Crippen molar-refractivity contribution >= 4 is 0 Å². The maximum absolute atomic E-state index is 7.50. The SMILES string of the molecule is N=O.[Ti].[W]. The Morgan fingerprint density at radius 3 is 1.25 bits per heavy atom. The van der Waals surface area contributed by atoms with E-state index in [2.05, 4.69) is 5.59 Å². The minimum Gasteiger partial charge on any atom is -0.154 e. The smallest absolute Gasteiger partial charge is 0 e. The maximum atomic E-state index is 7.50. The van der Waals surface area contributed by atoms with E-state index in [4.69, 9.17) is 4.91 Å². The van der Waals surface area contributed by atoms with Crippen molar-refractivity contribution < 1.29 is 42.8 Å². The molecular weight excluding hydrogens is 262 g/mol. The molecule has 0 aliphatic rings. The van der Waals surface area contributed by atoms with E-state index in [1.807, 2.05) is 0 Å². The van der Waals surface area contributed by atoms with Crippen LogP contribution in [0.25, 0.3) is 0 Å². The molecule has 4 heteroatoms. The van der Waals surface area contributed by atoms with E-state index in [0.717, 1.165) is 0 Å². The second kappa shape index (κ2) is 35.9. The zero-order valence-corrected chi connectivity index (χ0v) is 6.31. The van der Waals surface area contributed by atoms with Crippen LogP contribution in [0.5, 0.6) is 0 Å². The fourth-order valence-corrected chi connectivity index (χ4v) is 0. The second-order valence-corrected chi connectivity index (χ2v) is 0. The first kappa shape index (κ1) is 20.0. The second-order valence-electron chi connectivity index (χ2n) is 0. The molecule has 0 bridgehead atoms. The van der Waals surface area contributed by atoms with Crippen molar-refractivity contribution in [2.24, 2.45) is 0 Å². The van der Waals surface area contributed by atoms with Crippen LogP contribution in [0.1, 0.15) is 0 Å². The van der Waals surface area contributed by atoms with Crippen LogP contribution in [0.3, 0.4) is 0 Å². The largest absolute Gasteiger partial charge is 0.154 e. The summed E-state index contributed by atoms with van der Waals surface area (Å²) < 4.78 is 0. The van der Waals surface area contributed by atoms with Crippen LogP contribution in [0.4, 0.5) is 0 Å². The minimum absolute atomic E-state index is 0. The molecule has 0 aromatic heterocycles. The average molecular weight is 263 g/mol.